The van der Waals surface area contributed by atoms with Crippen molar-refractivity contribution in [2.24, 2.45) is 0 Å². The van der Waals surface area contributed by atoms with Crippen LogP contribution in [0.1, 0.15) is 0 Å². The van der Waals surface area contributed by atoms with Gasteiger partial charge in [-0.1, -0.05) is 0 Å². The van der Waals surface area contributed by atoms with Gasteiger partial charge in [-0.05, 0) is 0 Å². The Bertz CT molecular complexity index is 15.5. The summed E-state index contributed by atoms with van der Waals surface area (Å²) in [5, 5.41) is 0. The molecule has 0 bridgehead atoms. The molecule has 0 aliphatic carbocycles. The van der Waals surface area contributed by atoms with Gasteiger partial charge < -0.3 is 0 Å². The molecule has 0 nitrogen and oxygen atoms in total. The van der Waals surface area contributed by atoms with E-state index in [2.05, 4.69) is 0 Å². The Hall–Kier alpha value is 7.83. The quantitative estimate of drug-likeness (QED) is 0.301. The average Bonchev–Trinajstić information content (AvgIpc) is 0. The van der Waals surface area contributed by atoms with Gasteiger partial charge in [0.15, 0.2) is 0 Å². The topological polar surface area (TPSA) is 0 Å². The first-order valence-corrected chi connectivity index (χ1v) is 0. The number of hydrogen-bond acceptors (Lipinski definition) is 0. The summed E-state index contributed by atoms with van der Waals surface area (Å²) in [6.45, 7) is 0. The third kappa shape index (κ3) is 22.6. The molecule has 0 aromatic carbocycles. The zero-order valence-electron chi connectivity index (χ0n) is 2.26. The zero-order valence-corrected chi connectivity index (χ0v) is 15.9. The molecule has 0 heterocycles. The van der Waals surface area contributed by atoms with E-state index in [0.717, 1.165) is 0 Å². The molecule has 6 heteroatoms. The van der Waals surface area contributed by atoms with E-state index in [-0.39, 0.29) is 237 Å². The van der Waals surface area contributed by atoms with E-state index < -0.39 is 0 Å². The monoisotopic (exact) mass is 888 g/mol. The fourth-order valence-corrected chi connectivity index (χ4v) is 0. The van der Waals surface area contributed by atoms with Crippen LogP contribution in [0, 0.1) is 204 Å². The summed E-state index contributed by atoms with van der Waals surface area (Å²) in [5.41, 5.74) is 0. The van der Waals surface area contributed by atoms with Gasteiger partial charge in [0.2, 0.25) is 0 Å². The predicted octanol–water partition coefficient (Wildman–Crippen LogP) is -0.00250. The van der Waals surface area contributed by atoms with Gasteiger partial charge in [0.1, 0.15) is 0 Å². The van der Waals surface area contributed by atoms with E-state index in [9.17, 15) is 0 Å². The van der Waals surface area contributed by atoms with Crippen molar-refractivity contribution < 1.29 is 237 Å². The molecule has 0 aromatic heterocycles. The molecular formula is DyEuGdHoTbY. The van der Waals surface area contributed by atoms with Crippen LogP contribution in [-0.2, 0) is 32.7 Å². The standard InChI is InChI=1S/Dy.Eu.Gd.Ho.Tb.Y. The summed E-state index contributed by atoms with van der Waals surface area (Å²) in [6, 6.07) is 0. The van der Waals surface area contributed by atoms with Crippen LogP contribution in [0.4, 0.5) is 0 Å². The maximum absolute atomic E-state index is 0. The fourth-order valence-electron chi connectivity index (χ4n) is 0. The minimum Gasteiger partial charge on any atom is 0 e. The molecule has 48 valence electrons. The Labute approximate surface area is 228 Å². The van der Waals surface area contributed by atoms with Crippen LogP contribution in [0.25, 0.3) is 0 Å². The Morgan fingerprint density at radius 2 is 1.00 bits per heavy atom. The Balaban J connectivity index is 0. The van der Waals surface area contributed by atoms with E-state index >= 15 is 0 Å². The van der Waals surface area contributed by atoms with Crippen molar-refractivity contribution in [3.8, 4) is 0 Å². The second kappa shape index (κ2) is 29.3. The summed E-state index contributed by atoms with van der Waals surface area (Å²) >= 11 is 0. The molecule has 0 atom stereocenters. The molecule has 0 rings (SSSR count). The Morgan fingerprint density at radius 3 is 1.00 bits per heavy atom. The Kier molecular flexibility index (Phi) is 181. The van der Waals surface area contributed by atoms with E-state index in [1.807, 2.05) is 0 Å². The largest absolute Gasteiger partial charge is 0 e. The molecule has 0 spiro atoms. The smallest absolute Gasteiger partial charge is 0 e. The summed E-state index contributed by atoms with van der Waals surface area (Å²) in [7, 11) is 0. The van der Waals surface area contributed by atoms with Crippen molar-refractivity contribution in [3.63, 3.8) is 0 Å². The van der Waals surface area contributed by atoms with Gasteiger partial charge in [-0.2, -0.15) is 0 Å². The molecule has 6 heavy (non-hydrogen) atoms. The Morgan fingerprint density at radius 1 is 1.00 bits per heavy atom. The van der Waals surface area contributed by atoms with Crippen LogP contribution in [0.5, 0.6) is 0 Å². The second-order valence-electron chi connectivity index (χ2n) is 0. The molecule has 0 amide bonds. The SMILES string of the molecule is [Dy].[Eu].[Gd].[Ho].[Tb].[Y]. The molecule has 4 radical (unpaired) electrons. The minimum atomic E-state index is 0. The van der Waals surface area contributed by atoms with E-state index in [1.54, 1.807) is 0 Å². The average molecular weight is 884 g/mol. The van der Waals surface area contributed by atoms with Gasteiger partial charge in [-0.3, -0.25) is 0 Å². The normalized spacial score (nSPS) is 0. The van der Waals surface area contributed by atoms with Gasteiger partial charge >= 0.3 is 0 Å². The van der Waals surface area contributed by atoms with Gasteiger partial charge in [-0.25, -0.2) is 0 Å². The van der Waals surface area contributed by atoms with Crippen molar-refractivity contribution in [1.29, 1.82) is 0 Å². The van der Waals surface area contributed by atoms with Crippen LogP contribution in [0.15, 0.2) is 0 Å². The number of rotatable bonds is 0. The molecule has 0 fully saturated rings. The van der Waals surface area contributed by atoms with Crippen molar-refractivity contribution in [3.05, 3.63) is 0 Å². The first-order valence-electron chi connectivity index (χ1n) is 0. The fraction of sp³-hybridized carbons (Fsp3) is 0. The zero-order chi connectivity index (χ0) is 0. The summed E-state index contributed by atoms with van der Waals surface area (Å²) < 4.78 is 0. The van der Waals surface area contributed by atoms with Gasteiger partial charge in [0.05, 0.1) is 0 Å². The second-order valence-corrected chi connectivity index (χ2v) is 0. The summed E-state index contributed by atoms with van der Waals surface area (Å²) in [6.07, 6.45) is 0. The maximum Gasteiger partial charge on any atom is 0 e. The van der Waals surface area contributed by atoms with E-state index in [1.165, 1.54) is 0 Å². The van der Waals surface area contributed by atoms with Crippen LogP contribution < -0.4 is 0 Å². The third-order valence-corrected chi connectivity index (χ3v) is 0. The molecule has 0 unspecified atom stereocenters. The van der Waals surface area contributed by atoms with Crippen LogP contribution in [0.3, 0.4) is 0 Å². The summed E-state index contributed by atoms with van der Waals surface area (Å²) in [4.78, 5) is 0. The molecule has 0 saturated heterocycles. The first-order chi connectivity index (χ1) is 0. The minimum absolute atomic E-state index is 0. The van der Waals surface area contributed by atoms with E-state index in [0.29, 0.717) is 0 Å². The van der Waals surface area contributed by atoms with Crippen molar-refractivity contribution >= 4 is 0 Å². The molecular weight excluding hydrogens is 884 g/mol. The van der Waals surface area contributed by atoms with E-state index in [4.69, 9.17) is 0 Å². The molecule has 0 aliphatic rings. The molecule has 0 aromatic rings. The maximum atomic E-state index is 0. The van der Waals surface area contributed by atoms with Gasteiger partial charge in [0.25, 0.3) is 0 Å². The predicted molar refractivity (Wildman–Crippen MR) is 0 cm³/mol. The first kappa shape index (κ1) is 37.1. The van der Waals surface area contributed by atoms with Crippen LogP contribution >= 0.6 is 0 Å². The van der Waals surface area contributed by atoms with Crippen molar-refractivity contribution in [1.82, 2.24) is 0 Å². The van der Waals surface area contributed by atoms with Gasteiger partial charge in [0, 0.05) is 237 Å². The van der Waals surface area contributed by atoms with Crippen molar-refractivity contribution in [2.75, 3.05) is 0 Å². The van der Waals surface area contributed by atoms with Crippen LogP contribution in [-0.4, -0.2) is 0 Å². The van der Waals surface area contributed by atoms with Crippen molar-refractivity contribution in [2.45, 2.75) is 0 Å². The number of hydrogen-bond donors (Lipinski definition) is 0. The molecule has 0 saturated carbocycles. The third-order valence-electron chi connectivity index (χ3n) is 0. The van der Waals surface area contributed by atoms with Crippen LogP contribution in [0.2, 0.25) is 0 Å². The molecule has 0 N–H and O–H groups in total. The van der Waals surface area contributed by atoms with Gasteiger partial charge in [-0.15, -0.1) is 0 Å². The summed E-state index contributed by atoms with van der Waals surface area (Å²) in [5.74, 6) is 0. The molecule has 0 aliphatic heterocycles.